The van der Waals surface area contributed by atoms with Gasteiger partial charge in [-0.1, -0.05) is 36.2 Å². The summed E-state index contributed by atoms with van der Waals surface area (Å²) in [6.07, 6.45) is 2.17. The standard InChI is InChI=1S/C28H24Cl2N4O2S/c1-3-25(35)32-21-10-8-18(14-16(21)2)34-27(26(33-28(34)37)22-6-4-5-13-31-22)24-12-11-23(36-24)19-9-7-17(29)15-20(19)30/h4-15,26-27H,3H2,1-2H3,(H,32,35)(H,33,37)/t26-,27-/m0/s1. The number of halogens is 2. The molecule has 0 saturated carbocycles. The van der Waals surface area contributed by atoms with Gasteiger partial charge in [0.2, 0.25) is 5.91 Å². The van der Waals surface area contributed by atoms with E-state index in [9.17, 15) is 4.79 Å². The molecule has 5 rings (SSSR count). The summed E-state index contributed by atoms with van der Waals surface area (Å²) >= 11 is 18.4. The van der Waals surface area contributed by atoms with Crippen molar-refractivity contribution in [3.63, 3.8) is 0 Å². The summed E-state index contributed by atoms with van der Waals surface area (Å²) in [6.45, 7) is 3.78. The third kappa shape index (κ3) is 5.07. The Labute approximate surface area is 230 Å². The van der Waals surface area contributed by atoms with Crippen molar-refractivity contribution in [1.82, 2.24) is 10.3 Å². The van der Waals surface area contributed by atoms with Gasteiger partial charge in [-0.2, -0.15) is 0 Å². The van der Waals surface area contributed by atoms with Gasteiger partial charge in [0, 0.05) is 34.6 Å². The van der Waals surface area contributed by atoms with E-state index in [2.05, 4.69) is 15.6 Å². The first kappa shape index (κ1) is 25.3. The van der Waals surface area contributed by atoms with Gasteiger partial charge in [0.25, 0.3) is 0 Å². The molecular weight excluding hydrogens is 527 g/mol. The molecule has 1 saturated heterocycles. The van der Waals surface area contributed by atoms with Crippen molar-refractivity contribution in [3.8, 4) is 11.3 Å². The van der Waals surface area contributed by atoms with E-state index in [4.69, 9.17) is 39.8 Å². The summed E-state index contributed by atoms with van der Waals surface area (Å²) in [4.78, 5) is 18.6. The molecule has 3 heterocycles. The molecule has 0 spiro atoms. The average Bonchev–Trinajstić information content (AvgIpc) is 3.50. The highest BCUT2D eigenvalue weighted by Crippen LogP contribution is 2.44. The molecule has 1 aliphatic heterocycles. The van der Waals surface area contributed by atoms with Crippen LogP contribution in [0.2, 0.25) is 10.0 Å². The highest BCUT2D eigenvalue weighted by Gasteiger charge is 2.42. The van der Waals surface area contributed by atoms with Crippen LogP contribution in [-0.4, -0.2) is 16.0 Å². The van der Waals surface area contributed by atoms with Crippen LogP contribution in [0.25, 0.3) is 11.3 Å². The number of carbonyl (C=O) groups excluding carboxylic acids is 1. The molecule has 4 aromatic rings. The fourth-order valence-corrected chi connectivity index (χ4v) is 5.29. The van der Waals surface area contributed by atoms with E-state index in [0.717, 1.165) is 28.2 Å². The zero-order valence-electron chi connectivity index (χ0n) is 20.2. The number of hydrogen-bond donors (Lipinski definition) is 2. The van der Waals surface area contributed by atoms with Crippen LogP contribution in [0.15, 0.2) is 77.3 Å². The smallest absolute Gasteiger partial charge is 0.224 e. The number of amides is 1. The van der Waals surface area contributed by atoms with Gasteiger partial charge in [0.15, 0.2) is 5.11 Å². The highest BCUT2D eigenvalue weighted by molar-refractivity contribution is 7.80. The minimum atomic E-state index is -0.322. The number of pyridine rings is 1. The number of benzene rings is 2. The van der Waals surface area contributed by atoms with Crippen LogP contribution in [0.1, 0.15) is 42.4 Å². The maximum absolute atomic E-state index is 11.9. The Kier molecular flexibility index (Phi) is 7.20. The number of thiocarbonyl (C=S) groups is 1. The first-order valence-electron chi connectivity index (χ1n) is 11.8. The lowest BCUT2D eigenvalue weighted by atomic mass is 10.0. The summed E-state index contributed by atoms with van der Waals surface area (Å²) in [5.41, 5.74) is 4.15. The van der Waals surface area contributed by atoms with Crippen molar-refractivity contribution < 1.29 is 9.21 Å². The number of rotatable bonds is 6. The van der Waals surface area contributed by atoms with Crippen LogP contribution in [-0.2, 0) is 4.79 Å². The van der Waals surface area contributed by atoms with Gasteiger partial charge in [0.05, 0.1) is 16.8 Å². The van der Waals surface area contributed by atoms with E-state index in [-0.39, 0.29) is 18.0 Å². The number of nitrogens with zero attached hydrogens (tertiary/aromatic N) is 2. The molecule has 1 amide bonds. The summed E-state index contributed by atoms with van der Waals surface area (Å²) in [7, 11) is 0. The Morgan fingerprint density at radius 3 is 2.68 bits per heavy atom. The normalized spacial score (nSPS) is 17.1. The molecular formula is C28H24Cl2N4O2S. The number of aryl methyl sites for hydroxylation is 1. The van der Waals surface area contributed by atoms with E-state index in [0.29, 0.717) is 33.1 Å². The minimum Gasteiger partial charge on any atom is -0.459 e. The minimum absolute atomic E-state index is 0.0359. The lowest BCUT2D eigenvalue weighted by molar-refractivity contribution is -0.115. The van der Waals surface area contributed by atoms with Gasteiger partial charge >= 0.3 is 0 Å². The lowest BCUT2D eigenvalue weighted by Gasteiger charge is -2.27. The number of anilines is 2. The van der Waals surface area contributed by atoms with Crippen LogP contribution < -0.4 is 15.5 Å². The van der Waals surface area contributed by atoms with Crippen LogP contribution in [0, 0.1) is 6.92 Å². The number of hydrogen-bond acceptors (Lipinski definition) is 4. The molecule has 2 aromatic heterocycles. The van der Waals surface area contributed by atoms with E-state index < -0.39 is 0 Å². The Morgan fingerprint density at radius 1 is 1.14 bits per heavy atom. The number of carbonyl (C=O) groups is 1. The van der Waals surface area contributed by atoms with Crippen molar-refractivity contribution in [2.45, 2.75) is 32.4 Å². The van der Waals surface area contributed by atoms with Crippen molar-refractivity contribution in [1.29, 1.82) is 0 Å². The second-order valence-electron chi connectivity index (χ2n) is 8.72. The zero-order valence-corrected chi connectivity index (χ0v) is 22.5. The maximum atomic E-state index is 11.9. The van der Waals surface area contributed by atoms with Crippen LogP contribution in [0.5, 0.6) is 0 Å². The van der Waals surface area contributed by atoms with E-state index in [1.807, 2.05) is 73.3 Å². The summed E-state index contributed by atoms with van der Waals surface area (Å²) in [5.74, 6) is 1.29. The molecule has 2 N–H and O–H groups in total. The average molecular weight is 551 g/mol. The maximum Gasteiger partial charge on any atom is 0.224 e. The molecule has 6 nitrogen and oxygen atoms in total. The van der Waals surface area contributed by atoms with Crippen molar-refractivity contribution in [2.24, 2.45) is 0 Å². The summed E-state index contributed by atoms with van der Waals surface area (Å²) in [5, 5.41) is 7.99. The molecule has 2 aromatic carbocycles. The van der Waals surface area contributed by atoms with Crippen molar-refractivity contribution in [3.05, 3.63) is 100.0 Å². The fourth-order valence-electron chi connectivity index (χ4n) is 4.44. The van der Waals surface area contributed by atoms with Gasteiger partial charge in [-0.15, -0.1) is 0 Å². The largest absolute Gasteiger partial charge is 0.459 e. The van der Waals surface area contributed by atoms with Crippen LogP contribution >= 0.6 is 35.4 Å². The van der Waals surface area contributed by atoms with Gasteiger partial charge < -0.3 is 20.0 Å². The van der Waals surface area contributed by atoms with Crippen LogP contribution in [0.4, 0.5) is 11.4 Å². The van der Waals surface area contributed by atoms with E-state index >= 15 is 0 Å². The summed E-state index contributed by atoms with van der Waals surface area (Å²) in [6, 6.07) is 20.2. The topological polar surface area (TPSA) is 70.4 Å². The first-order valence-corrected chi connectivity index (χ1v) is 13.0. The van der Waals surface area contributed by atoms with E-state index in [1.165, 1.54) is 0 Å². The third-order valence-corrected chi connectivity index (χ3v) is 7.16. The molecule has 1 fully saturated rings. The third-order valence-electron chi connectivity index (χ3n) is 6.30. The predicted molar refractivity (Wildman–Crippen MR) is 152 cm³/mol. The fraction of sp³-hybridized carbons (Fsp3) is 0.179. The number of aromatic nitrogens is 1. The SMILES string of the molecule is CCC(=O)Nc1ccc(N2C(=S)N[C@@H](c3ccccn3)[C@@H]2c2ccc(-c3ccc(Cl)cc3Cl)o2)cc1C. The Hall–Kier alpha value is -3.39. The van der Waals surface area contributed by atoms with Crippen LogP contribution in [0.3, 0.4) is 0 Å². The van der Waals surface area contributed by atoms with E-state index in [1.54, 1.807) is 18.3 Å². The monoisotopic (exact) mass is 550 g/mol. The molecule has 0 aliphatic carbocycles. The lowest BCUT2D eigenvalue weighted by Crippen LogP contribution is -2.29. The summed E-state index contributed by atoms with van der Waals surface area (Å²) < 4.78 is 6.39. The van der Waals surface area contributed by atoms with Gasteiger partial charge in [0.1, 0.15) is 17.6 Å². The number of furan rings is 1. The van der Waals surface area contributed by atoms with Gasteiger partial charge in [-0.05, 0) is 85.4 Å². The predicted octanol–water partition coefficient (Wildman–Crippen LogP) is 7.48. The van der Waals surface area contributed by atoms with Crippen molar-refractivity contribution >= 4 is 57.8 Å². The second-order valence-corrected chi connectivity index (χ2v) is 9.95. The molecule has 0 unspecified atom stereocenters. The molecule has 188 valence electrons. The van der Waals surface area contributed by atoms with Crippen molar-refractivity contribution in [2.75, 3.05) is 10.2 Å². The Bertz CT molecular complexity index is 1470. The molecule has 0 bridgehead atoms. The van der Waals surface area contributed by atoms with Gasteiger partial charge in [-0.3, -0.25) is 9.78 Å². The molecule has 37 heavy (non-hydrogen) atoms. The first-order chi connectivity index (χ1) is 17.9. The molecule has 0 radical (unpaired) electrons. The number of nitrogens with one attached hydrogen (secondary N) is 2. The zero-order chi connectivity index (χ0) is 26.1. The Balaban J connectivity index is 1.57. The molecule has 1 aliphatic rings. The second kappa shape index (κ2) is 10.5. The molecule has 2 atom stereocenters. The quantitative estimate of drug-likeness (QED) is 0.242. The Morgan fingerprint density at radius 2 is 1.97 bits per heavy atom. The van der Waals surface area contributed by atoms with Gasteiger partial charge in [-0.25, -0.2) is 0 Å². The highest BCUT2D eigenvalue weighted by atomic mass is 35.5. The molecule has 9 heteroatoms.